The minimum Gasteiger partial charge on any atom is -0.378 e. The second kappa shape index (κ2) is 6.34. The van der Waals surface area contributed by atoms with Crippen LogP contribution in [0.15, 0.2) is 12.4 Å². The van der Waals surface area contributed by atoms with Crippen molar-refractivity contribution in [1.29, 1.82) is 0 Å². The van der Waals surface area contributed by atoms with Crippen LogP contribution >= 0.6 is 0 Å². The lowest BCUT2D eigenvalue weighted by Gasteiger charge is -2.25. The Labute approximate surface area is 110 Å². The number of hydrogen-bond donors (Lipinski definition) is 1. The highest BCUT2D eigenvalue weighted by molar-refractivity contribution is 5.13. The first kappa shape index (κ1) is 13.6. The molecule has 1 N–H and O–H groups in total. The van der Waals surface area contributed by atoms with Crippen LogP contribution in [0.3, 0.4) is 0 Å². The van der Waals surface area contributed by atoms with Gasteiger partial charge in [-0.1, -0.05) is 13.8 Å². The predicted molar refractivity (Wildman–Crippen MR) is 72.5 cm³/mol. The summed E-state index contributed by atoms with van der Waals surface area (Å²) in [6.45, 7) is 9.37. The van der Waals surface area contributed by atoms with E-state index in [1.807, 2.05) is 10.9 Å². The summed E-state index contributed by atoms with van der Waals surface area (Å²) in [6, 6.07) is 0.373. The van der Waals surface area contributed by atoms with Crippen LogP contribution in [0.25, 0.3) is 0 Å². The fourth-order valence-electron chi connectivity index (χ4n) is 2.81. The monoisotopic (exact) mass is 251 g/mol. The third kappa shape index (κ3) is 2.93. The highest BCUT2D eigenvalue weighted by atomic mass is 16.5. The number of aromatic nitrogens is 2. The van der Waals surface area contributed by atoms with E-state index in [9.17, 15) is 0 Å². The molecule has 0 radical (unpaired) electrons. The van der Waals surface area contributed by atoms with Crippen molar-refractivity contribution in [3.8, 4) is 0 Å². The molecule has 4 heteroatoms. The molecule has 0 aromatic carbocycles. The number of rotatable bonds is 6. The largest absolute Gasteiger partial charge is 0.378 e. The van der Waals surface area contributed by atoms with Crippen LogP contribution in [0.2, 0.25) is 0 Å². The molecule has 0 aliphatic carbocycles. The number of aryl methyl sites for hydroxylation is 1. The van der Waals surface area contributed by atoms with E-state index >= 15 is 0 Å². The fourth-order valence-corrected chi connectivity index (χ4v) is 2.81. The van der Waals surface area contributed by atoms with Crippen molar-refractivity contribution in [2.45, 2.75) is 52.3 Å². The molecule has 0 bridgehead atoms. The van der Waals surface area contributed by atoms with Gasteiger partial charge in [-0.3, -0.25) is 4.68 Å². The Morgan fingerprint density at radius 3 is 3.00 bits per heavy atom. The summed E-state index contributed by atoms with van der Waals surface area (Å²) < 4.78 is 7.74. The lowest BCUT2D eigenvalue weighted by Crippen LogP contribution is -2.31. The zero-order chi connectivity index (χ0) is 13.0. The molecule has 0 amide bonds. The molecule has 1 fully saturated rings. The molecule has 102 valence electrons. The maximum Gasteiger partial charge on any atom is 0.0594 e. The van der Waals surface area contributed by atoms with E-state index in [0.29, 0.717) is 18.1 Å². The van der Waals surface area contributed by atoms with Crippen LogP contribution in [0, 0.1) is 5.92 Å². The summed E-state index contributed by atoms with van der Waals surface area (Å²) in [5, 5.41) is 8.03. The first-order chi connectivity index (χ1) is 8.76. The zero-order valence-corrected chi connectivity index (χ0v) is 11.7. The van der Waals surface area contributed by atoms with E-state index in [1.54, 1.807) is 0 Å². The van der Waals surface area contributed by atoms with Crippen LogP contribution in [0.1, 0.15) is 45.2 Å². The van der Waals surface area contributed by atoms with Gasteiger partial charge in [0.2, 0.25) is 0 Å². The van der Waals surface area contributed by atoms with Gasteiger partial charge in [-0.05, 0) is 26.3 Å². The molecule has 0 spiro atoms. The van der Waals surface area contributed by atoms with Crippen molar-refractivity contribution in [3.05, 3.63) is 18.0 Å². The topological polar surface area (TPSA) is 39.1 Å². The van der Waals surface area contributed by atoms with Crippen LogP contribution in [0.4, 0.5) is 0 Å². The SMILES string of the molecule is CCCn1cc(C(NCC)C2CCOC2C)cn1. The first-order valence-electron chi connectivity index (χ1n) is 7.13. The molecule has 1 aromatic heterocycles. The van der Waals surface area contributed by atoms with Gasteiger partial charge in [0.25, 0.3) is 0 Å². The molecule has 18 heavy (non-hydrogen) atoms. The van der Waals surface area contributed by atoms with Crippen molar-refractivity contribution in [3.63, 3.8) is 0 Å². The highest BCUT2D eigenvalue weighted by Gasteiger charge is 2.32. The average molecular weight is 251 g/mol. The Balaban J connectivity index is 2.12. The van der Waals surface area contributed by atoms with Crippen LogP contribution in [0.5, 0.6) is 0 Å². The lowest BCUT2D eigenvalue weighted by molar-refractivity contribution is 0.0956. The molecule has 0 saturated carbocycles. The maximum atomic E-state index is 5.70. The molecule has 3 atom stereocenters. The molecule has 1 aromatic rings. The molecule has 1 saturated heterocycles. The van der Waals surface area contributed by atoms with E-state index in [2.05, 4.69) is 37.4 Å². The summed E-state index contributed by atoms with van der Waals surface area (Å²) in [6.07, 6.45) is 6.78. The molecular formula is C14H25N3O. The van der Waals surface area contributed by atoms with E-state index in [0.717, 1.165) is 32.5 Å². The Bertz CT molecular complexity index is 364. The molecule has 2 heterocycles. The number of nitrogens with one attached hydrogen (secondary N) is 1. The fraction of sp³-hybridized carbons (Fsp3) is 0.786. The Hall–Kier alpha value is -0.870. The van der Waals surface area contributed by atoms with Gasteiger partial charge >= 0.3 is 0 Å². The Morgan fingerprint density at radius 1 is 1.56 bits per heavy atom. The second-order valence-corrected chi connectivity index (χ2v) is 5.10. The maximum absolute atomic E-state index is 5.70. The number of hydrogen-bond acceptors (Lipinski definition) is 3. The van der Waals surface area contributed by atoms with Gasteiger partial charge in [0, 0.05) is 36.9 Å². The van der Waals surface area contributed by atoms with Gasteiger partial charge in [-0.15, -0.1) is 0 Å². The third-order valence-electron chi connectivity index (χ3n) is 3.75. The Kier molecular flexibility index (Phi) is 4.78. The van der Waals surface area contributed by atoms with Crippen molar-refractivity contribution in [2.24, 2.45) is 5.92 Å². The first-order valence-corrected chi connectivity index (χ1v) is 7.13. The summed E-state index contributed by atoms with van der Waals surface area (Å²) in [4.78, 5) is 0. The van der Waals surface area contributed by atoms with Gasteiger partial charge in [-0.2, -0.15) is 5.10 Å². The van der Waals surface area contributed by atoms with Crippen LogP contribution in [-0.4, -0.2) is 29.0 Å². The normalized spacial score (nSPS) is 25.5. The summed E-state index contributed by atoms with van der Waals surface area (Å²) in [7, 11) is 0. The van der Waals surface area contributed by atoms with Crippen molar-refractivity contribution >= 4 is 0 Å². The van der Waals surface area contributed by atoms with Crippen molar-refractivity contribution in [1.82, 2.24) is 15.1 Å². The highest BCUT2D eigenvalue weighted by Crippen LogP contribution is 2.33. The minimum atomic E-state index is 0.337. The van der Waals surface area contributed by atoms with E-state index in [1.165, 1.54) is 5.56 Å². The quantitative estimate of drug-likeness (QED) is 0.843. The summed E-state index contributed by atoms with van der Waals surface area (Å²) in [5.74, 6) is 0.559. The third-order valence-corrected chi connectivity index (χ3v) is 3.75. The van der Waals surface area contributed by atoms with Gasteiger partial charge < -0.3 is 10.1 Å². The van der Waals surface area contributed by atoms with Gasteiger partial charge in [0.15, 0.2) is 0 Å². The molecule has 2 rings (SSSR count). The van der Waals surface area contributed by atoms with Gasteiger partial charge in [-0.25, -0.2) is 0 Å². The number of nitrogens with zero attached hydrogens (tertiary/aromatic N) is 2. The van der Waals surface area contributed by atoms with Gasteiger partial charge in [0.05, 0.1) is 12.3 Å². The minimum absolute atomic E-state index is 0.337. The smallest absolute Gasteiger partial charge is 0.0594 e. The Morgan fingerprint density at radius 2 is 2.39 bits per heavy atom. The number of ether oxygens (including phenoxy) is 1. The van der Waals surface area contributed by atoms with Crippen molar-refractivity contribution < 1.29 is 4.74 Å². The average Bonchev–Trinajstić information content (AvgIpc) is 2.96. The molecule has 3 unspecified atom stereocenters. The van der Waals surface area contributed by atoms with Gasteiger partial charge in [0.1, 0.15) is 0 Å². The van der Waals surface area contributed by atoms with Crippen molar-refractivity contribution in [2.75, 3.05) is 13.2 Å². The van der Waals surface area contributed by atoms with Crippen LogP contribution < -0.4 is 5.32 Å². The molecule has 4 nitrogen and oxygen atoms in total. The summed E-state index contributed by atoms with van der Waals surface area (Å²) in [5.41, 5.74) is 1.30. The zero-order valence-electron chi connectivity index (χ0n) is 11.7. The lowest BCUT2D eigenvalue weighted by atomic mass is 9.90. The predicted octanol–water partition coefficient (Wildman–Crippen LogP) is 2.37. The second-order valence-electron chi connectivity index (χ2n) is 5.10. The van der Waals surface area contributed by atoms with E-state index in [-0.39, 0.29) is 0 Å². The molecule has 1 aliphatic rings. The molecular weight excluding hydrogens is 226 g/mol. The van der Waals surface area contributed by atoms with Crippen LogP contribution in [-0.2, 0) is 11.3 Å². The van der Waals surface area contributed by atoms with E-state index < -0.39 is 0 Å². The summed E-state index contributed by atoms with van der Waals surface area (Å²) >= 11 is 0. The molecule has 1 aliphatic heterocycles. The standard InChI is InChI=1S/C14H25N3O/c1-4-7-17-10-12(9-16-17)14(15-5-2)13-6-8-18-11(13)3/h9-11,13-15H,4-8H2,1-3H3. The van der Waals surface area contributed by atoms with E-state index in [4.69, 9.17) is 4.74 Å².